The number of hydrogen-bond donors (Lipinski definition) is 0. The van der Waals surface area contributed by atoms with Crippen LogP contribution in [-0.4, -0.2) is 6.61 Å². The average molecular weight is 254 g/mol. The molecular formula is C15H20F2O. The van der Waals surface area contributed by atoms with Gasteiger partial charge in [0.05, 0.1) is 6.61 Å². The van der Waals surface area contributed by atoms with Gasteiger partial charge >= 0.3 is 0 Å². The Morgan fingerprint density at radius 3 is 2.39 bits per heavy atom. The largest absolute Gasteiger partial charge is 0.490 e. The molecule has 1 fully saturated rings. The lowest BCUT2D eigenvalue weighted by Gasteiger charge is -2.27. The van der Waals surface area contributed by atoms with E-state index in [4.69, 9.17) is 4.74 Å². The van der Waals surface area contributed by atoms with Gasteiger partial charge < -0.3 is 4.74 Å². The number of halogens is 2. The van der Waals surface area contributed by atoms with Gasteiger partial charge in [-0.15, -0.1) is 0 Å². The minimum Gasteiger partial charge on any atom is -0.490 e. The van der Waals surface area contributed by atoms with Gasteiger partial charge in [-0.3, -0.25) is 0 Å². The molecule has 18 heavy (non-hydrogen) atoms. The topological polar surface area (TPSA) is 9.23 Å². The first-order valence-corrected chi connectivity index (χ1v) is 6.77. The van der Waals surface area contributed by atoms with Crippen molar-refractivity contribution in [3.05, 3.63) is 29.8 Å². The Bertz CT molecular complexity index is 384. The molecule has 0 unspecified atom stereocenters. The summed E-state index contributed by atoms with van der Waals surface area (Å²) in [5.74, 6) is 0.343. The first-order valence-electron chi connectivity index (χ1n) is 6.77. The van der Waals surface area contributed by atoms with Crippen LogP contribution in [0.3, 0.4) is 0 Å². The maximum atomic E-state index is 13.4. The molecule has 2 rings (SSSR count). The number of benzene rings is 1. The van der Waals surface area contributed by atoms with E-state index in [1.54, 1.807) is 0 Å². The Labute approximate surface area is 107 Å². The van der Waals surface area contributed by atoms with Crippen molar-refractivity contribution in [2.45, 2.75) is 39.0 Å². The van der Waals surface area contributed by atoms with Crippen molar-refractivity contribution in [2.24, 2.45) is 11.8 Å². The van der Waals surface area contributed by atoms with Crippen molar-refractivity contribution < 1.29 is 13.5 Å². The molecule has 0 heterocycles. The van der Waals surface area contributed by atoms with Crippen LogP contribution in [0, 0.1) is 23.5 Å². The highest BCUT2D eigenvalue weighted by molar-refractivity contribution is 5.24. The highest BCUT2D eigenvalue weighted by Gasteiger charge is 2.20. The first kappa shape index (κ1) is 13.3. The number of ether oxygens (including phenoxy) is 1. The van der Waals surface area contributed by atoms with Crippen LogP contribution >= 0.6 is 0 Å². The molecule has 0 amide bonds. The third-order valence-electron chi connectivity index (χ3n) is 3.91. The van der Waals surface area contributed by atoms with Crippen LogP contribution < -0.4 is 4.74 Å². The summed E-state index contributed by atoms with van der Waals surface area (Å²) in [6, 6.07) is 3.46. The van der Waals surface area contributed by atoms with Gasteiger partial charge in [0.1, 0.15) is 5.82 Å². The van der Waals surface area contributed by atoms with Gasteiger partial charge in [0.2, 0.25) is 0 Å². The van der Waals surface area contributed by atoms with E-state index in [2.05, 4.69) is 6.92 Å². The fourth-order valence-corrected chi connectivity index (χ4v) is 2.61. The predicted octanol–water partition coefficient (Wildman–Crippen LogP) is 4.56. The standard InChI is InChI=1S/C15H20F2O/c1-2-11-3-5-12(6-4-11)10-18-15-8-7-13(16)9-14(15)17/h7-9,11-12H,2-6,10H2,1H3/t11-,12-. The monoisotopic (exact) mass is 254 g/mol. The van der Waals surface area contributed by atoms with Gasteiger partial charge in [0.25, 0.3) is 0 Å². The highest BCUT2D eigenvalue weighted by atomic mass is 19.1. The second kappa shape index (κ2) is 6.17. The van der Waals surface area contributed by atoms with E-state index in [1.165, 1.54) is 31.4 Å². The zero-order valence-electron chi connectivity index (χ0n) is 10.8. The normalized spacial score (nSPS) is 23.9. The van der Waals surface area contributed by atoms with Gasteiger partial charge in [-0.25, -0.2) is 8.78 Å². The van der Waals surface area contributed by atoms with Gasteiger partial charge in [-0.2, -0.15) is 0 Å². The van der Waals surface area contributed by atoms with Crippen molar-refractivity contribution in [1.82, 2.24) is 0 Å². The molecule has 0 radical (unpaired) electrons. The predicted molar refractivity (Wildman–Crippen MR) is 67.6 cm³/mol. The van der Waals surface area contributed by atoms with E-state index in [9.17, 15) is 8.78 Å². The molecule has 0 N–H and O–H groups in total. The Morgan fingerprint density at radius 2 is 1.78 bits per heavy atom. The van der Waals surface area contributed by atoms with Gasteiger partial charge in [-0.1, -0.05) is 26.2 Å². The zero-order valence-corrected chi connectivity index (χ0v) is 10.8. The van der Waals surface area contributed by atoms with Crippen LogP contribution in [0.15, 0.2) is 18.2 Å². The Balaban J connectivity index is 1.81. The average Bonchev–Trinajstić information content (AvgIpc) is 2.38. The highest BCUT2D eigenvalue weighted by Crippen LogP contribution is 2.31. The molecule has 0 bridgehead atoms. The molecule has 1 nitrogen and oxygen atoms in total. The van der Waals surface area contributed by atoms with Crippen molar-refractivity contribution >= 4 is 0 Å². The molecule has 1 aliphatic rings. The van der Waals surface area contributed by atoms with Gasteiger partial charge in [-0.05, 0) is 36.8 Å². The van der Waals surface area contributed by atoms with E-state index in [1.807, 2.05) is 0 Å². The lowest BCUT2D eigenvalue weighted by molar-refractivity contribution is 0.176. The van der Waals surface area contributed by atoms with Crippen LogP contribution in [0.4, 0.5) is 8.78 Å². The fraction of sp³-hybridized carbons (Fsp3) is 0.600. The van der Waals surface area contributed by atoms with Gasteiger partial charge in [0, 0.05) is 6.07 Å². The fourth-order valence-electron chi connectivity index (χ4n) is 2.61. The summed E-state index contributed by atoms with van der Waals surface area (Å²) in [6.07, 6.45) is 6.05. The van der Waals surface area contributed by atoms with Crippen LogP contribution in [0.1, 0.15) is 39.0 Å². The SMILES string of the molecule is CC[C@H]1CC[C@H](COc2ccc(F)cc2F)CC1. The molecule has 1 aliphatic carbocycles. The maximum absolute atomic E-state index is 13.4. The van der Waals surface area contributed by atoms with E-state index >= 15 is 0 Å². The van der Waals surface area contributed by atoms with E-state index < -0.39 is 11.6 Å². The summed E-state index contributed by atoms with van der Waals surface area (Å²) in [5.41, 5.74) is 0. The second-order valence-corrected chi connectivity index (χ2v) is 5.18. The molecule has 1 saturated carbocycles. The number of hydrogen-bond acceptors (Lipinski definition) is 1. The van der Waals surface area contributed by atoms with Crippen LogP contribution in [0.25, 0.3) is 0 Å². The van der Waals surface area contributed by atoms with Crippen molar-refractivity contribution in [3.8, 4) is 5.75 Å². The van der Waals surface area contributed by atoms with Crippen molar-refractivity contribution in [2.75, 3.05) is 6.61 Å². The lowest BCUT2D eigenvalue weighted by atomic mass is 9.81. The molecule has 0 spiro atoms. The summed E-state index contributed by atoms with van der Waals surface area (Å²) in [5, 5.41) is 0. The third-order valence-corrected chi connectivity index (χ3v) is 3.91. The Kier molecular flexibility index (Phi) is 4.56. The summed E-state index contributed by atoms with van der Waals surface area (Å²) in [7, 11) is 0. The third kappa shape index (κ3) is 3.44. The van der Waals surface area contributed by atoms with Crippen molar-refractivity contribution in [3.63, 3.8) is 0 Å². The molecule has 1 aromatic rings. The summed E-state index contributed by atoms with van der Waals surface area (Å²) in [6.45, 7) is 2.77. The first-order chi connectivity index (χ1) is 8.69. The van der Waals surface area contributed by atoms with Crippen LogP contribution in [0.2, 0.25) is 0 Å². The molecule has 0 saturated heterocycles. The quantitative estimate of drug-likeness (QED) is 0.765. The molecule has 100 valence electrons. The minimum absolute atomic E-state index is 0.161. The second-order valence-electron chi connectivity index (χ2n) is 5.18. The smallest absolute Gasteiger partial charge is 0.167 e. The lowest BCUT2D eigenvalue weighted by Crippen LogP contribution is -2.20. The molecular weight excluding hydrogens is 234 g/mol. The van der Waals surface area contributed by atoms with E-state index in [-0.39, 0.29) is 5.75 Å². The molecule has 0 atom stereocenters. The molecule has 1 aromatic carbocycles. The summed E-state index contributed by atoms with van der Waals surface area (Å²) >= 11 is 0. The van der Waals surface area contributed by atoms with E-state index in [0.717, 1.165) is 24.8 Å². The maximum Gasteiger partial charge on any atom is 0.167 e. The van der Waals surface area contributed by atoms with Crippen LogP contribution in [0.5, 0.6) is 5.75 Å². The molecule has 3 heteroatoms. The molecule has 0 aromatic heterocycles. The molecule has 0 aliphatic heterocycles. The summed E-state index contributed by atoms with van der Waals surface area (Å²) in [4.78, 5) is 0. The Morgan fingerprint density at radius 1 is 1.11 bits per heavy atom. The van der Waals surface area contributed by atoms with Crippen molar-refractivity contribution in [1.29, 1.82) is 0 Å². The van der Waals surface area contributed by atoms with E-state index in [0.29, 0.717) is 12.5 Å². The zero-order chi connectivity index (χ0) is 13.0. The summed E-state index contributed by atoms with van der Waals surface area (Å²) < 4.78 is 31.5. The van der Waals surface area contributed by atoms with Gasteiger partial charge in [0.15, 0.2) is 11.6 Å². The van der Waals surface area contributed by atoms with Crippen LogP contribution in [-0.2, 0) is 0 Å². The minimum atomic E-state index is -0.614. The Hall–Kier alpha value is -1.12. The number of rotatable bonds is 4.